The predicted octanol–water partition coefficient (Wildman–Crippen LogP) is 1.37. The van der Waals surface area contributed by atoms with Gasteiger partial charge in [-0.1, -0.05) is 13.8 Å². The molecule has 2 N–H and O–H groups in total. The first-order chi connectivity index (χ1) is 7.74. The minimum absolute atomic E-state index is 0.459. The number of anilines is 1. The fraction of sp³-hybridized carbons (Fsp3) is 0.364. The summed E-state index contributed by atoms with van der Waals surface area (Å²) in [6.45, 7) is 4.18. The molecule has 0 amide bonds. The fourth-order valence-electron chi connectivity index (χ4n) is 1.58. The summed E-state index contributed by atoms with van der Waals surface area (Å²) >= 11 is 0. The Morgan fingerprint density at radius 3 is 2.62 bits per heavy atom. The summed E-state index contributed by atoms with van der Waals surface area (Å²) in [6, 6.07) is 3.82. The first-order valence-electron chi connectivity index (χ1n) is 5.40. The van der Waals surface area contributed by atoms with E-state index in [0.717, 1.165) is 30.0 Å². The van der Waals surface area contributed by atoms with Crippen LogP contribution in [0.4, 0.5) is 5.82 Å². The average molecular weight is 217 g/mol. The van der Waals surface area contributed by atoms with E-state index >= 15 is 0 Å². The van der Waals surface area contributed by atoms with E-state index < -0.39 is 0 Å². The summed E-state index contributed by atoms with van der Waals surface area (Å²) in [5.74, 6) is 1.18. The molecule has 0 aliphatic heterocycles. The van der Waals surface area contributed by atoms with Crippen molar-refractivity contribution in [3.8, 4) is 5.82 Å². The lowest BCUT2D eigenvalue weighted by atomic mass is 10.2. The van der Waals surface area contributed by atoms with E-state index in [-0.39, 0.29) is 0 Å². The van der Waals surface area contributed by atoms with Crippen molar-refractivity contribution in [1.29, 1.82) is 0 Å². The number of hydrogen-bond donors (Lipinski definition) is 1. The van der Waals surface area contributed by atoms with Gasteiger partial charge in [-0.3, -0.25) is 0 Å². The van der Waals surface area contributed by atoms with E-state index in [1.165, 1.54) is 6.33 Å². The Balaban J connectivity index is 2.50. The van der Waals surface area contributed by atoms with Crippen LogP contribution in [0.2, 0.25) is 0 Å². The molecule has 2 aromatic heterocycles. The third-order valence-corrected chi connectivity index (χ3v) is 2.45. The van der Waals surface area contributed by atoms with Crippen LogP contribution in [0.25, 0.3) is 5.82 Å². The highest BCUT2D eigenvalue weighted by atomic mass is 15.3. The SMILES string of the molecule is CCc1cc(CC)n(-c2cc(N)ncn2)n1. The molecule has 84 valence electrons. The van der Waals surface area contributed by atoms with Crippen molar-refractivity contribution in [3.05, 3.63) is 29.8 Å². The maximum absolute atomic E-state index is 5.63. The number of nitrogens with zero attached hydrogens (tertiary/aromatic N) is 4. The van der Waals surface area contributed by atoms with Crippen molar-refractivity contribution in [2.45, 2.75) is 26.7 Å². The summed E-state index contributed by atoms with van der Waals surface area (Å²) in [5.41, 5.74) is 7.83. The Kier molecular flexibility index (Phi) is 2.85. The molecule has 2 heterocycles. The van der Waals surface area contributed by atoms with Gasteiger partial charge in [0.1, 0.15) is 12.1 Å². The van der Waals surface area contributed by atoms with Crippen LogP contribution in [0.5, 0.6) is 0 Å². The van der Waals surface area contributed by atoms with E-state index in [1.807, 2.05) is 4.68 Å². The fourth-order valence-corrected chi connectivity index (χ4v) is 1.58. The number of nitrogens with two attached hydrogens (primary N) is 1. The second kappa shape index (κ2) is 4.30. The molecule has 0 aromatic carbocycles. The molecule has 2 rings (SSSR count). The molecule has 5 heteroatoms. The molecule has 0 atom stereocenters. The molecule has 0 bridgehead atoms. The van der Waals surface area contributed by atoms with Gasteiger partial charge in [-0.2, -0.15) is 5.10 Å². The van der Waals surface area contributed by atoms with Crippen molar-refractivity contribution < 1.29 is 0 Å². The molecule has 5 nitrogen and oxygen atoms in total. The number of aryl methyl sites for hydroxylation is 2. The quantitative estimate of drug-likeness (QED) is 0.843. The topological polar surface area (TPSA) is 69.6 Å². The van der Waals surface area contributed by atoms with Crippen LogP contribution in [-0.2, 0) is 12.8 Å². The Hall–Kier alpha value is -1.91. The van der Waals surface area contributed by atoms with E-state index in [2.05, 4.69) is 35.0 Å². The maximum atomic E-state index is 5.63. The van der Waals surface area contributed by atoms with Crippen LogP contribution in [0.3, 0.4) is 0 Å². The highest BCUT2D eigenvalue weighted by Crippen LogP contribution is 2.12. The molecule has 0 saturated carbocycles. The molecule has 0 aliphatic carbocycles. The molecular formula is C11H15N5. The first kappa shape index (κ1) is 10.6. The number of nitrogen functional groups attached to an aromatic ring is 1. The lowest BCUT2D eigenvalue weighted by molar-refractivity contribution is 0.769. The van der Waals surface area contributed by atoms with Gasteiger partial charge in [0, 0.05) is 11.8 Å². The summed E-state index contributed by atoms with van der Waals surface area (Å²) in [7, 11) is 0. The molecule has 0 aliphatic rings. The number of aromatic nitrogens is 4. The van der Waals surface area contributed by atoms with Gasteiger partial charge >= 0.3 is 0 Å². The van der Waals surface area contributed by atoms with Gasteiger partial charge in [-0.05, 0) is 18.9 Å². The second-order valence-electron chi connectivity index (χ2n) is 3.55. The highest BCUT2D eigenvalue weighted by molar-refractivity contribution is 5.36. The predicted molar refractivity (Wildman–Crippen MR) is 62.3 cm³/mol. The van der Waals surface area contributed by atoms with E-state index in [0.29, 0.717) is 5.82 Å². The molecule has 16 heavy (non-hydrogen) atoms. The largest absolute Gasteiger partial charge is 0.384 e. The second-order valence-corrected chi connectivity index (χ2v) is 3.55. The molecule has 0 fully saturated rings. The first-order valence-corrected chi connectivity index (χ1v) is 5.40. The molecule has 0 saturated heterocycles. The Morgan fingerprint density at radius 1 is 1.19 bits per heavy atom. The lowest BCUT2D eigenvalue weighted by Gasteiger charge is -2.04. The third kappa shape index (κ3) is 1.88. The zero-order chi connectivity index (χ0) is 11.5. The molecular weight excluding hydrogens is 202 g/mol. The van der Waals surface area contributed by atoms with Crippen molar-refractivity contribution in [2.24, 2.45) is 0 Å². The maximum Gasteiger partial charge on any atom is 0.159 e. The van der Waals surface area contributed by atoms with E-state index in [1.54, 1.807) is 6.07 Å². The summed E-state index contributed by atoms with van der Waals surface area (Å²) in [5, 5.41) is 4.48. The van der Waals surface area contributed by atoms with Crippen LogP contribution >= 0.6 is 0 Å². The molecule has 0 radical (unpaired) electrons. The monoisotopic (exact) mass is 217 g/mol. The van der Waals surface area contributed by atoms with Crippen LogP contribution in [0.1, 0.15) is 25.2 Å². The van der Waals surface area contributed by atoms with Crippen molar-refractivity contribution in [3.63, 3.8) is 0 Å². The summed E-state index contributed by atoms with van der Waals surface area (Å²) in [4.78, 5) is 8.05. The van der Waals surface area contributed by atoms with Crippen molar-refractivity contribution in [1.82, 2.24) is 19.7 Å². The van der Waals surface area contributed by atoms with Gasteiger partial charge in [-0.15, -0.1) is 0 Å². The number of hydrogen-bond acceptors (Lipinski definition) is 4. The smallest absolute Gasteiger partial charge is 0.159 e. The standard InChI is InChI=1S/C11H15N5/c1-3-8-5-9(4-2)16(15-8)11-6-10(12)13-7-14-11/h5-7H,3-4H2,1-2H3,(H2,12,13,14). The van der Waals surface area contributed by atoms with Crippen LogP contribution in [0.15, 0.2) is 18.5 Å². The minimum atomic E-state index is 0.459. The van der Waals surface area contributed by atoms with Crippen molar-refractivity contribution >= 4 is 5.82 Å². The van der Waals surface area contributed by atoms with Gasteiger partial charge in [0.15, 0.2) is 5.82 Å². The Morgan fingerprint density at radius 2 is 2.00 bits per heavy atom. The van der Waals surface area contributed by atoms with Crippen LogP contribution in [-0.4, -0.2) is 19.7 Å². The highest BCUT2D eigenvalue weighted by Gasteiger charge is 2.08. The Bertz CT molecular complexity index is 489. The normalized spacial score (nSPS) is 10.6. The summed E-state index contributed by atoms with van der Waals surface area (Å²) < 4.78 is 1.83. The number of rotatable bonds is 3. The Labute approximate surface area is 94.3 Å². The lowest BCUT2D eigenvalue weighted by Crippen LogP contribution is -2.05. The zero-order valence-corrected chi connectivity index (χ0v) is 9.51. The van der Waals surface area contributed by atoms with E-state index in [4.69, 9.17) is 5.73 Å². The molecule has 0 unspecified atom stereocenters. The summed E-state index contributed by atoms with van der Waals surface area (Å²) in [6.07, 6.45) is 3.29. The minimum Gasteiger partial charge on any atom is -0.384 e. The van der Waals surface area contributed by atoms with Gasteiger partial charge in [-0.25, -0.2) is 14.6 Å². The van der Waals surface area contributed by atoms with Gasteiger partial charge < -0.3 is 5.73 Å². The van der Waals surface area contributed by atoms with E-state index in [9.17, 15) is 0 Å². The third-order valence-electron chi connectivity index (χ3n) is 2.45. The van der Waals surface area contributed by atoms with Crippen molar-refractivity contribution in [2.75, 3.05) is 5.73 Å². The molecule has 0 spiro atoms. The molecule has 2 aromatic rings. The van der Waals surface area contributed by atoms with Gasteiger partial charge in [0.25, 0.3) is 0 Å². The average Bonchev–Trinajstić information content (AvgIpc) is 2.72. The zero-order valence-electron chi connectivity index (χ0n) is 9.51. The van der Waals surface area contributed by atoms with Gasteiger partial charge in [0.2, 0.25) is 0 Å². The van der Waals surface area contributed by atoms with Gasteiger partial charge in [0.05, 0.1) is 5.69 Å². The van der Waals surface area contributed by atoms with Crippen LogP contribution < -0.4 is 5.73 Å². The van der Waals surface area contributed by atoms with Crippen LogP contribution in [0, 0.1) is 0 Å².